The molecule has 0 spiro atoms. The molecule has 3 aromatic carbocycles. The van der Waals surface area contributed by atoms with Gasteiger partial charge in [0.15, 0.2) is 11.5 Å². The lowest BCUT2D eigenvalue weighted by molar-refractivity contribution is -0.912. The summed E-state index contributed by atoms with van der Waals surface area (Å²) in [5.74, 6) is -0.467. The fourth-order valence-corrected chi connectivity index (χ4v) is 5.26. The highest BCUT2D eigenvalue weighted by Crippen LogP contribution is 2.43. The van der Waals surface area contributed by atoms with Crippen LogP contribution in [0.1, 0.15) is 35.6 Å². The maximum absolute atomic E-state index is 12.7. The maximum Gasteiger partial charge on any atom is 0.498 e. The van der Waals surface area contributed by atoms with E-state index in [1.165, 1.54) is 12.1 Å². The van der Waals surface area contributed by atoms with Crippen LogP contribution >= 0.6 is 40.3 Å². The third kappa shape index (κ3) is 52.7. The zero-order chi connectivity index (χ0) is 81.8. The van der Waals surface area contributed by atoms with Crippen LogP contribution in [0.3, 0.4) is 0 Å². The van der Waals surface area contributed by atoms with Crippen molar-refractivity contribution < 1.29 is 368 Å². The minimum Gasteiger partial charge on any atom is -0.321 e. The number of allylic oxidation sites excluding steroid dienone is 1. The summed E-state index contributed by atoms with van der Waals surface area (Å²) in [4.78, 5) is 28.6. The Balaban J connectivity index is 0.000000837. The first-order valence-electron chi connectivity index (χ1n) is 23.9. The van der Waals surface area contributed by atoms with E-state index in [9.17, 15) is 18.7 Å². The van der Waals surface area contributed by atoms with Crippen molar-refractivity contribution in [3.8, 4) is 18.2 Å². The molecule has 1 amide bonds. The summed E-state index contributed by atoms with van der Waals surface area (Å²) in [5.41, 5.74) is 4.56. The highest BCUT2D eigenvalue weighted by molar-refractivity contribution is 7.24. The van der Waals surface area contributed by atoms with Gasteiger partial charge in [0.1, 0.15) is 12.1 Å². The van der Waals surface area contributed by atoms with Gasteiger partial charge in [0, 0.05) is 265 Å². The van der Waals surface area contributed by atoms with Crippen LogP contribution < -0.4 is 5.32 Å². The number of nitriles is 3. The highest BCUT2D eigenvalue weighted by atomic mass is 35.5. The topological polar surface area (TPSA) is 804 Å². The number of nitrogens with zero attached hydrogens (tertiary/aromatic N) is 4. The van der Waals surface area contributed by atoms with Crippen molar-refractivity contribution >= 4 is 69.0 Å². The van der Waals surface area contributed by atoms with Gasteiger partial charge in [0.05, 0.1) is 56.2 Å². The van der Waals surface area contributed by atoms with E-state index in [0.29, 0.717) is 51.4 Å². The molecular formula is C30H19Cl2N5O73P2. The second-order valence-electron chi connectivity index (χ2n) is 12.9. The molecule has 2 aliphatic rings. The molecule has 1 aliphatic carbocycles. The Labute approximate surface area is 609 Å². The average molecular weight is 1750 g/mol. The minimum atomic E-state index is -3.42. The molecule has 0 fully saturated rings. The molecule has 78 nitrogen and oxygen atoms in total. The van der Waals surface area contributed by atoms with Gasteiger partial charge >= 0.3 is 7.91 Å². The second kappa shape index (κ2) is 73.6. The largest absolute Gasteiger partial charge is 0.498 e. The van der Waals surface area contributed by atoms with Crippen LogP contribution in [0.25, 0.3) is 16.1 Å². The van der Waals surface area contributed by atoms with Crippen molar-refractivity contribution in [2.75, 3.05) is 6.64 Å². The number of carbonyl (C=O) groups is 2. The number of halogens is 2. The van der Waals surface area contributed by atoms with Gasteiger partial charge in [-0.3, -0.25) is 9.59 Å². The summed E-state index contributed by atoms with van der Waals surface area (Å²) in [6, 6.07) is 22.2. The molecule has 1 atom stereocenters. The molecule has 3 aromatic rings. The van der Waals surface area contributed by atoms with Gasteiger partial charge in [-0.25, -0.2) is 19.2 Å². The van der Waals surface area contributed by atoms with Crippen LogP contribution in [0.15, 0.2) is 71.8 Å². The molecule has 1 unspecified atom stereocenters. The van der Waals surface area contributed by atoms with Crippen LogP contribution in [0.5, 0.6) is 0 Å². The average Bonchev–Trinajstić information content (AvgIpc) is 1.59. The van der Waals surface area contributed by atoms with Crippen molar-refractivity contribution in [3.63, 3.8) is 0 Å². The Morgan fingerprint density at radius 1 is 0.411 bits per heavy atom. The molecule has 0 radical (unpaired) electrons. The Bertz CT molecular complexity index is 3140. The Hall–Kier alpha value is -7.61. The third-order valence-electron chi connectivity index (χ3n) is 7.72. The number of hydrogen-bond donors (Lipinski definition) is 2. The standard InChI is InChI=1S/C21H11N3O2.C8H2Cl2N2.CH5P.HO71P/c1-23-15-7-3-6-14(9-15)20-19-17(25)10-16(18(19)21(26)24-20)13-5-2-4-12(8-13)11-22;9-7-1-5(3-11)6(4-12)2-8(7)10;1-2;1-4-5-6-7-8-9-10-11-12-13-14-15-16-17-18-19-20-21-22-23-24-25-26-27-28-29-30-31-32-33-34-35-36-37-38-39-40-41-42-43-44-45-46-47-48-49-50-51-52-53-54-55-56-57-58-59-60-61-62-63-64-65-66-67-68-69-70-71-72(2)3/h2-9H,10H2,(H,24,26);1-2H;2H2,1H3;1H/i;;1D;. The van der Waals surface area contributed by atoms with Gasteiger partial charge in [0.25, 0.3) is 5.91 Å². The third-order valence-corrected chi connectivity index (χ3v) is 8.62. The summed E-state index contributed by atoms with van der Waals surface area (Å²) in [5, 5.41) is 269. The summed E-state index contributed by atoms with van der Waals surface area (Å²) in [6.45, 7) is 7.56. The van der Waals surface area contributed by atoms with E-state index in [4.69, 9.17) is 52.2 Å². The van der Waals surface area contributed by atoms with E-state index in [0.717, 1.165) is 0 Å². The van der Waals surface area contributed by atoms with E-state index in [1.54, 1.807) is 48.5 Å². The van der Waals surface area contributed by atoms with Crippen LogP contribution in [-0.4, -0.2) is 23.6 Å². The van der Waals surface area contributed by atoms with E-state index in [1.807, 2.05) is 12.1 Å². The van der Waals surface area contributed by atoms with Crippen molar-refractivity contribution in [1.29, 1.82) is 15.8 Å². The number of rotatable bonds is 70. The fourth-order valence-electron chi connectivity index (χ4n) is 4.86. The van der Waals surface area contributed by atoms with Crippen molar-refractivity contribution in [2.45, 2.75) is 6.42 Å². The van der Waals surface area contributed by atoms with Gasteiger partial charge in [-0.05, 0) is 128 Å². The zero-order valence-corrected chi connectivity index (χ0v) is 53.7. The lowest BCUT2D eigenvalue weighted by Crippen LogP contribution is -2.16. The first-order valence-corrected chi connectivity index (χ1v) is 25.9. The van der Waals surface area contributed by atoms with Crippen molar-refractivity contribution in [2.24, 2.45) is 0 Å². The minimum absolute atomic E-state index is 0.124. The van der Waals surface area contributed by atoms with Crippen LogP contribution in [-0.2, 0) is 361 Å². The number of benzene rings is 3. The fraction of sp³-hybridized carbons (Fsp3) is 0.0667. The monoisotopic (exact) mass is 1750 g/mol. The summed E-state index contributed by atoms with van der Waals surface area (Å²) >= 11 is 11.3. The molecule has 2 N–H and O–H groups in total. The van der Waals surface area contributed by atoms with Gasteiger partial charge in [-0.1, -0.05) is 64.8 Å². The Morgan fingerprint density at radius 3 is 0.938 bits per heavy atom. The van der Waals surface area contributed by atoms with E-state index >= 15 is 0 Å². The predicted octanol–water partition coefficient (Wildman–Crippen LogP) is 2.59. The van der Waals surface area contributed by atoms with Crippen molar-refractivity contribution in [3.05, 3.63) is 121 Å². The predicted molar refractivity (Wildman–Crippen MR) is 242 cm³/mol. The molecule has 0 bridgehead atoms. The molecule has 0 saturated carbocycles. The van der Waals surface area contributed by atoms with Crippen LogP contribution in [0.2, 0.25) is 10.0 Å². The number of amides is 1. The normalized spacial score (nSPS) is 12.2. The molecule has 112 heavy (non-hydrogen) atoms. The lowest BCUT2D eigenvalue weighted by atomic mass is 9.99. The van der Waals surface area contributed by atoms with Crippen LogP contribution in [0, 0.1) is 40.6 Å². The second-order valence-corrected chi connectivity index (χ2v) is 14.3. The molecule has 5 rings (SSSR count). The number of fused-ring (bicyclic) bond motifs is 1. The summed E-state index contributed by atoms with van der Waals surface area (Å²) in [6.07, 6.45) is 0.124. The quantitative estimate of drug-likeness (QED) is 0.0269. The van der Waals surface area contributed by atoms with E-state index in [2.05, 4.69) is 368 Å². The zero-order valence-electron chi connectivity index (χ0n) is 51.1. The van der Waals surface area contributed by atoms with Crippen LogP contribution in [0.4, 0.5) is 5.69 Å². The van der Waals surface area contributed by atoms with Crippen molar-refractivity contribution in [1.82, 2.24) is 5.32 Å². The molecule has 0 aromatic heterocycles. The van der Waals surface area contributed by atoms with E-state index in [-0.39, 0.29) is 39.3 Å². The summed E-state index contributed by atoms with van der Waals surface area (Å²) < 4.78 is 29.1. The van der Waals surface area contributed by atoms with E-state index < -0.39 is 7.91 Å². The molecule has 82 heteroatoms. The van der Waals surface area contributed by atoms with Gasteiger partial charge in [-0.15, -0.1) is 9.24 Å². The molecule has 0 saturated heterocycles. The lowest BCUT2D eigenvalue weighted by Gasteiger charge is -2.06. The highest BCUT2D eigenvalue weighted by Gasteiger charge is 2.40. The molecule has 1 aliphatic heterocycles. The number of nitrogens with one attached hydrogen (secondary N) is 1. The number of ketones is 1. The Kier molecular flexibility index (Phi) is 64.7. The Morgan fingerprint density at radius 2 is 0.679 bits per heavy atom. The van der Waals surface area contributed by atoms with Gasteiger partial charge in [0.2, 0.25) is 0 Å². The smallest absolute Gasteiger partial charge is 0.321 e. The summed E-state index contributed by atoms with van der Waals surface area (Å²) in [7, 11) is -1.17. The first kappa shape index (κ1) is 98.6. The van der Waals surface area contributed by atoms with Gasteiger partial charge in [-0.2, -0.15) is 15.8 Å². The number of carbonyl (C=O) groups excluding carboxylic acids is 2. The number of hydrogen-bond acceptors (Lipinski definition) is 76. The molecule has 626 valence electrons. The number of Topliss-reactive ketones (excluding diaryl/α,β-unsaturated/α-hetero) is 1. The SMILES string of the molecule is N#Cc1cc(Cl)c(Cl)cc1C#N.O=P(=O)OOOOOOOOOOOOOOOOOOOOOOOOOOOOOOOOOOOOOOOOOOOOOOOOOOOOOOOOOOOOOOOOOOOOO.[2H]CP.[C-]#[N+]c1cccc(C2=C3C(=O)CC(c4cccc(C#N)c4)=C3C(=O)N2)c1. The first-order chi connectivity index (χ1) is 55.5. The van der Waals surface area contributed by atoms with Gasteiger partial charge < -0.3 is 5.32 Å². The molecule has 1 heterocycles. The molecular weight excluding hydrogens is 1730 g/mol. The maximum atomic E-state index is 12.7.